The Balaban J connectivity index is 2.71. The van der Waals surface area contributed by atoms with Gasteiger partial charge in [0.05, 0.1) is 17.5 Å². The van der Waals surface area contributed by atoms with Gasteiger partial charge in [-0.2, -0.15) is 0 Å². The lowest BCUT2D eigenvalue weighted by atomic mass is 10.1. The monoisotopic (exact) mass is 295 g/mol. The SMILES string of the molecule is CCOC(=O)Oc1c(C)c(CC)nc2ccc(F)c(F)c12. The molecule has 1 heterocycles. The quantitative estimate of drug-likeness (QED) is 0.805. The van der Waals surface area contributed by atoms with E-state index in [2.05, 4.69) is 4.98 Å². The van der Waals surface area contributed by atoms with Gasteiger partial charge in [-0.05, 0) is 32.4 Å². The summed E-state index contributed by atoms with van der Waals surface area (Å²) in [5.41, 5.74) is 1.37. The molecule has 1 aromatic carbocycles. The molecule has 0 bridgehead atoms. The van der Waals surface area contributed by atoms with Gasteiger partial charge in [0, 0.05) is 11.3 Å². The molecule has 6 heteroatoms. The van der Waals surface area contributed by atoms with Gasteiger partial charge in [0.2, 0.25) is 0 Å². The van der Waals surface area contributed by atoms with E-state index in [4.69, 9.17) is 9.47 Å². The van der Waals surface area contributed by atoms with Crippen LogP contribution in [-0.2, 0) is 11.2 Å². The van der Waals surface area contributed by atoms with Gasteiger partial charge in [0.1, 0.15) is 0 Å². The summed E-state index contributed by atoms with van der Waals surface area (Å²) in [4.78, 5) is 15.8. The van der Waals surface area contributed by atoms with Gasteiger partial charge in [0.25, 0.3) is 0 Å². The fourth-order valence-corrected chi connectivity index (χ4v) is 2.10. The highest BCUT2D eigenvalue weighted by Crippen LogP contribution is 2.33. The summed E-state index contributed by atoms with van der Waals surface area (Å²) in [5, 5.41) is -0.155. The van der Waals surface area contributed by atoms with E-state index >= 15 is 0 Å². The Labute approximate surface area is 120 Å². The second-order valence-corrected chi connectivity index (χ2v) is 4.41. The third-order valence-corrected chi connectivity index (χ3v) is 3.11. The fourth-order valence-electron chi connectivity index (χ4n) is 2.10. The number of halogens is 2. The summed E-state index contributed by atoms with van der Waals surface area (Å²) < 4.78 is 37.3. The van der Waals surface area contributed by atoms with Crippen LogP contribution >= 0.6 is 0 Å². The highest BCUT2D eigenvalue weighted by atomic mass is 19.2. The molecule has 0 aliphatic carbocycles. The molecule has 2 rings (SSSR count). The minimum Gasteiger partial charge on any atom is -0.434 e. The molecule has 0 saturated heterocycles. The predicted octanol–water partition coefficient (Wildman–Crippen LogP) is 3.92. The van der Waals surface area contributed by atoms with Crippen molar-refractivity contribution in [3.8, 4) is 5.75 Å². The van der Waals surface area contributed by atoms with Crippen molar-refractivity contribution in [2.45, 2.75) is 27.2 Å². The number of hydrogen-bond donors (Lipinski definition) is 0. The van der Waals surface area contributed by atoms with Crippen molar-refractivity contribution in [2.24, 2.45) is 0 Å². The number of carbonyl (C=O) groups is 1. The smallest absolute Gasteiger partial charge is 0.434 e. The van der Waals surface area contributed by atoms with Gasteiger partial charge in [0.15, 0.2) is 17.4 Å². The van der Waals surface area contributed by atoms with Gasteiger partial charge < -0.3 is 9.47 Å². The first-order valence-corrected chi connectivity index (χ1v) is 6.61. The topological polar surface area (TPSA) is 48.4 Å². The van der Waals surface area contributed by atoms with Crippen LogP contribution in [0.5, 0.6) is 5.75 Å². The van der Waals surface area contributed by atoms with Crippen LogP contribution in [0.15, 0.2) is 12.1 Å². The van der Waals surface area contributed by atoms with E-state index in [0.717, 1.165) is 6.07 Å². The third kappa shape index (κ3) is 2.79. The zero-order valence-electron chi connectivity index (χ0n) is 12.0. The van der Waals surface area contributed by atoms with E-state index in [-0.39, 0.29) is 23.3 Å². The maximum Gasteiger partial charge on any atom is 0.513 e. The number of carbonyl (C=O) groups excluding carboxylic acids is 1. The van der Waals surface area contributed by atoms with E-state index in [9.17, 15) is 13.6 Å². The number of benzene rings is 1. The Kier molecular flexibility index (Phi) is 4.35. The molecular weight excluding hydrogens is 280 g/mol. The van der Waals surface area contributed by atoms with Crippen molar-refractivity contribution in [2.75, 3.05) is 6.61 Å². The van der Waals surface area contributed by atoms with Gasteiger partial charge >= 0.3 is 6.16 Å². The largest absolute Gasteiger partial charge is 0.513 e. The van der Waals surface area contributed by atoms with Crippen LogP contribution in [-0.4, -0.2) is 17.7 Å². The van der Waals surface area contributed by atoms with E-state index in [1.54, 1.807) is 13.8 Å². The van der Waals surface area contributed by atoms with Gasteiger partial charge in [-0.25, -0.2) is 13.6 Å². The lowest BCUT2D eigenvalue weighted by Crippen LogP contribution is -2.13. The summed E-state index contributed by atoms with van der Waals surface area (Å²) in [6, 6.07) is 2.35. The molecule has 2 aromatic rings. The Bertz CT molecular complexity index is 701. The summed E-state index contributed by atoms with van der Waals surface area (Å²) in [7, 11) is 0. The first kappa shape index (κ1) is 15.2. The molecule has 0 radical (unpaired) electrons. The molecule has 0 atom stereocenters. The molecule has 0 aliphatic heterocycles. The average molecular weight is 295 g/mol. The molecule has 0 amide bonds. The highest BCUT2D eigenvalue weighted by molar-refractivity contribution is 5.89. The number of rotatable bonds is 3. The van der Waals surface area contributed by atoms with Crippen LogP contribution in [0.25, 0.3) is 10.9 Å². The van der Waals surface area contributed by atoms with Crippen LogP contribution in [0.3, 0.4) is 0 Å². The Hall–Kier alpha value is -2.24. The molecule has 0 fully saturated rings. The number of fused-ring (bicyclic) bond motifs is 1. The van der Waals surface area contributed by atoms with Crippen molar-refractivity contribution in [1.29, 1.82) is 0 Å². The number of aryl methyl sites for hydroxylation is 1. The van der Waals surface area contributed by atoms with E-state index < -0.39 is 17.8 Å². The van der Waals surface area contributed by atoms with Gasteiger partial charge in [-0.15, -0.1) is 0 Å². The lowest BCUT2D eigenvalue weighted by molar-refractivity contribution is 0.104. The maximum atomic E-state index is 14.1. The van der Waals surface area contributed by atoms with Crippen LogP contribution < -0.4 is 4.74 Å². The lowest BCUT2D eigenvalue weighted by Gasteiger charge is -2.14. The van der Waals surface area contributed by atoms with Crippen molar-refractivity contribution in [1.82, 2.24) is 4.98 Å². The first-order valence-electron chi connectivity index (χ1n) is 6.61. The number of nitrogens with zero attached hydrogens (tertiary/aromatic N) is 1. The molecule has 0 spiro atoms. The van der Waals surface area contributed by atoms with Gasteiger partial charge in [-0.1, -0.05) is 6.92 Å². The summed E-state index contributed by atoms with van der Waals surface area (Å²) in [6.07, 6.45) is -0.390. The molecule has 4 nitrogen and oxygen atoms in total. The number of aromatic nitrogens is 1. The van der Waals surface area contributed by atoms with Gasteiger partial charge in [-0.3, -0.25) is 4.98 Å². The zero-order chi connectivity index (χ0) is 15.6. The molecule has 0 saturated carbocycles. The second-order valence-electron chi connectivity index (χ2n) is 4.41. The molecular formula is C15H15F2NO3. The van der Waals surface area contributed by atoms with Crippen LogP contribution in [0.1, 0.15) is 25.1 Å². The minimum absolute atomic E-state index is 0.0488. The van der Waals surface area contributed by atoms with Crippen LogP contribution in [0.4, 0.5) is 13.6 Å². The molecule has 1 aromatic heterocycles. The Morgan fingerprint density at radius 2 is 2.00 bits per heavy atom. The van der Waals surface area contributed by atoms with Crippen LogP contribution in [0, 0.1) is 18.6 Å². The molecule has 112 valence electrons. The van der Waals surface area contributed by atoms with Crippen molar-refractivity contribution in [3.63, 3.8) is 0 Å². The summed E-state index contributed by atoms with van der Waals surface area (Å²) >= 11 is 0. The van der Waals surface area contributed by atoms with E-state index in [1.165, 1.54) is 6.07 Å². The first-order chi connectivity index (χ1) is 9.99. The summed E-state index contributed by atoms with van der Waals surface area (Å²) in [6.45, 7) is 5.26. The molecule has 0 aliphatic rings. The third-order valence-electron chi connectivity index (χ3n) is 3.11. The zero-order valence-corrected chi connectivity index (χ0v) is 12.0. The molecule has 21 heavy (non-hydrogen) atoms. The van der Waals surface area contributed by atoms with E-state index in [0.29, 0.717) is 17.7 Å². The predicted molar refractivity (Wildman–Crippen MR) is 73.4 cm³/mol. The number of pyridine rings is 1. The second kappa shape index (κ2) is 6.03. The van der Waals surface area contributed by atoms with Crippen molar-refractivity contribution in [3.05, 3.63) is 35.0 Å². The average Bonchev–Trinajstić information content (AvgIpc) is 2.45. The molecule has 0 N–H and O–H groups in total. The Morgan fingerprint density at radius 1 is 1.29 bits per heavy atom. The molecule has 0 unspecified atom stereocenters. The number of hydrogen-bond acceptors (Lipinski definition) is 4. The number of ether oxygens (including phenoxy) is 2. The van der Waals surface area contributed by atoms with Crippen molar-refractivity contribution >= 4 is 17.1 Å². The normalized spacial score (nSPS) is 10.7. The summed E-state index contributed by atoms with van der Waals surface area (Å²) in [5.74, 6) is -2.17. The standard InChI is InChI=1S/C15H15F2NO3/c1-4-10-8(3)14(21-15(19)20-5-2)12-11(18-10)7-6-9(16)13(12)17/h6-7H,4-5H2,1-3H3. The highest BCUT2D eigenvalue weighted by Gasteiger charge is 2.21. The van der Waals surface area contributed by atoms with Crippen LogP contribution in [0.2, 0.25) is 0 Å². The Morgan fingerprint density at radius 3 is 2.62 bits per heavy atom. The fraction of sp³-hybridized carbons (Fsp3) is 0.333. The maximum absolute atomic E-state index is 14.1. The van der Waals surface area contributed by atoms with E-state index in [1.807, 2.05) is 6.92 Å². The minimum atomic E-state index is -1.09. The van der Waals surface area contributed by atoms with Crippen molar-refractivity contribution < 1.29 is 23.0 Å².